The fourth-order valence-corrected chi connectivity index (χ4v) is 5.63. The van der Waals surface area contributed by atoms with Crippen LogP contribution < -0.4 is 10.1 Å². The third-order valence-electron chi connectivity index (χ3n) is 4.39. The first kappa shape index (κ1) is 23.3. The average Bonchev–Trinajstić information content (AvgIpc) is 3.39. The topological polar surface area (TPSA) is 76.3 Å². The van der Waals surface area contributed by atoms with E-state index < -0.39 is 0 Å². The smallest absolute Gasteiger partial charge is 0.258 e. The van der Waals surface area contributed by atoms with Gasteiger partial charge in [0.05, 0.1) is 34.0 Å². The van der Waals surface area contributed by atoms with Gasteiger partial charge in [-0.25, -0.2) is 4.98 Å². The second kappa shape index (κ2) is 10.8. The van der Waals surface area contributed by atoms with E-state index in [2.05, 4.69) is 21.2 Å². The van der Waals surface area contributed by atoms with Crippen LogP contribution in [-0.4, -0.2) is 32.9 Å². The van der Waals surface area contributed by atoms with Crippen molar-refractivity contribution in [1.82, 2.24) is 9.55 Å². The summed E-state index contributed by atoms with van der Waals surface area (Å²) in [6, 6.07) is 15.2. The van der Waals surface area contributed by atoms with Crippen LogP contribution in [0.4, 0.5) is 5.13 Å². The Bertz CT molecular complexity index is 1420. The zero-order chi connectivity index (χ0) is 23.2. The Labute approximate surface area is 207 Å². The lowest BCUT2D eigenvalue weighted by atomic mass is 10.2. The maximum Gasteiger partial charge on any atom is 0.258 e. The van der Waals surface area contributed by atoms with Crippen LogP contribution in [0.5, 0.6) is 0 Å². The second-order valence-electron chi connectivity index (χ2n) is 6.74. The summed E-state index contributed by atoms with van der Waals surface area (Å²) in [5.41, 5.74) is 2.67. The predicted octanol–water partition coefficient (Wildman–Crippen LogP) is 4.91. The molecule has 0 aliphatic carbocycles. The molecule has 10 heteroatoms. The SMILES string of the molecule is C#CCn1c(=NC(=O)CSCC(=O)Nc2nc(-c3ccccc3)cs2)sc2cc(Cl)ccc21. The molecule has 166 valence electrons. The number of hydrogen-bond acceptors (Lipinski definition) is 6. The van der Waals surface area contributed by atoms with Crippen LogP contribution in [0.15, 0.2) is 58.9 Å². The monoisotopic (exact) mass is 512 g/mol. The third kappa shape index (κ3) is 5.92. The van der Waals surface area contributed by atoms with Gasteiger partial charge in [0.2, 0.25) is 5.91 Å². The van der Waals surface area contributed by atoms with Gasteiger partial charge in [-0.2, -0.15) is 4.99 Å². The molecule has 0 radical (unpaired) electrons. The molecule has 0 atom stereocenters. The molecule has 2 heterocycles. The van der Waals surface area contributed by atoms with E-state index in [4.69, 9.17) is 18.0 Å². The number of terminal acetylenes is 1. The molecule has 1 N–H and O–H groups in total. The molecule has 2 amide bonds. The van der Waals surface area contributed by atoms with Crippen molar-refractivity contribution < 1.29 is 9.59 Å². The summed E-state index contributed by atoms with van der Waals surface area (Å²) in [4.78, 5) is 33.8. The zero-order valence-corrected chi connectivity index (χ0v) is 20.4. The van der Waals surface area contributed by atoms with Crippen molar-refractivity contribution >= 4 is 73.2 Å². The Hall–Kier alpha value is -2.90. The van der Waals surface area contributed by atoms with Crippen LogP contribution in [0.1, 0.15) is 0 Å². The van der Waals surface area contributed by atoms with Crippen LogP contribution in [-0.2, 0) is 16.1 Å². The summed E-state index contributed by atoms with van der Waals surface area (Å²) >= 11 is 9.97. The average molecular weight is 513 g/mol. The number of amides is 2. The van der Waals surface area contributed by atoms with Crippen LogP contribution in [0, 0.1) is 12.3 Å². The van der Waals surface area contributed by atoms with Gasteiger partial charge in [-0.3, -0.25) is 9.59 Å². The molecule has 2 aromatic heterocycles. The fraction of sp³-hybridized carbons (Fsp3) is 0.130. The number of nitrogens with zero attached hydrogens (tertiary/aromatic N) is 3. The molecule has 6 nitrogen and oxygen atoms in total. The highest BCUT2D eigenvalue weighted by molar-refractivity contribution is 8.00. The molecule has 4 aromatic rings. The summed E-state index contributed by atoms with van der Waals surface area (Å²) in [7, 11) is 0. The van der Waals surface area contributed by atoms with E-state index in [0.717, 1.165) is 21.5 Å². The van der Waals surface area contributed by atoms with Crippen LogP contribution >= 0.6 is 46.0 Å². The zero-order valence-electron chi connectivity index (χ0n) is 17.2. The first-order valence-electron chi connectivity index (χ1n) is 9.72. The number of thiazole rings is 2. The maximum absolute atomic E-state index is 12.4. The third-order valence-corrected chi connectivity index (χ3v) is 7.34. The minimum absolute atomic E-state index is 0.0750. The van der Waals surface area contributed by atoms with Gasteiger partial charge in [0.25, 0.3) is 5.91 Å². The van der Waals surface area contributed by atoms with Gasteiger partial charge in [0.1, 0.15) is 0 Å². The number of halogens is 1. The van der Waals surface area contributed by atoms with Gasteiger partial charge in [-0.1, -0.05) is 59.2 Å². The van der Waals surface area contributed by atoms with Crippen molar-refractivity contribution in [3.63, 3.8) is 0 Å². The molecule has 0 fully saturated rings. The van der Waals surface area contributed by atoms with Crippen molar-refractivity contribution in [2.75, 3.05) is 16.8 Å². The Morgan fingerprint density at radius 3 is 2.82 bits per heavy atom. The molecule has 0 aliphatic heterocycles. The molecule has 0 bridgehead atoms. The highest BCUT2D eigenvalue weighted by Gasteiger charge is 2.11. The number of anilines is 1. The Kier molecular flexibility index (Phi) is 7.62. The van der Waals surface area contributed by atoms with Crippen molar-refractivity contribution in [3.05, 3.63) is 63.7 Å². The number of thioether (sulfide) groups is 1. The Morgan fingerprint density at radius 2 is 2.03 bits per heavy atom. The number of rotatable bonds is 7. The molecular formula is C23H17ClN4O2S3. The molecule has 0 aliphatic rings. The van der Waals surface area contributed by atoms with E-state index in [1.165, 1.54) is 34.4 Å². The van der Waals surface area contributed by atoms with E-state index in [0.29, 0.717) is 21.5 Å². The first-order valence-corrected chi connectivity index (χ1v) is 12.9. The maximum atomic E-state index is 12.4. The van der Waals surface area contributed by atoms with E-state index in [1.807, 2.05) is 47.8 Å². The summed E-state index contributed by atoms with van der Waals surface area (Å²) < 4.78 is 2.70. The van der Waals surface area contributed by atoms with Crippen molar-refractivity contribution in [2.45, 2.75) is 6.54 Å². The number of nitrogens with one attached hydrogen (secondary N) is 1. The molecule has 0 saturated carbocycles. The van der Waals surface area contributed by atoms with Gasteiger partial charge in [0.15, 0.2) is 9.93 Å². The molecular weight excluding hydrogens is 496 g/mol. The van der Waals surface area contributed by atoms with Gasteiger partial charge in [0, 0.05) is 16.0 Å². The van der Waals surface area contributed by atoms with E-state index in [-0.39, 0.29) is 23.3 Å². The Balaban J connectivity index is 1.35. The largest absolute Gasteiger partial charge is 0.305 e. The summed E-state index contributed by atoms with van der Waals surface area (Å²) in [5.74, 6) is 2.22. The summed E-state index contributed by atoms with van der Waals surface area (Å²) in [6.07, 6.45) is 5.48. The minimum atomic E-state index is -0.336. The molecule has 2 aromatic carbocycles. The number of hydrogen-bond donors (Lipinski definition) is 1. The van der Waals surface area contributed by atoms with Crippen LogP contribution in [0.25, 0.3) is 21.5 Å². The van der Waals surface area contributed by atoms with Crippen LogP contribution in [0.2, 0.25) is 5.02 Å². The fourth-order valence-electron chi connectivity index (χ4n) is 2.97. The normalized spacial score (nSPS) is 11.5. The van der Waals surface area contributed by atoms with Gasteiger partial charge < -0.3 is 9.88 Å². The van der Waals surface area contributed by atoms with Crippen molar-refractivity contribution in [1.29, 1.82) is 0 Å². The number of aromatic nitrogens is 2. The summed E-state index contributed by atoms with van der Waals surface area (Å²) in [5, 5.41) is 5.79. The quantitative estimate of drug-likeness (QED) is 0.357. The number of carbonyl (C=O) groups is 2. The Morgan fingerprint density at radius 1 is 1.21 bits per heavy atom. The first-order chi connectivity index (χ1) is 16.0. The van der Waals surface area contributed by atoms with Crippen LogP contribution in [0.3, 0.4) is 0 Å². The molecule has 33 heavy (non-hydrogen) atoms. The van der Waals surface area contributed by atoms with Crippen molar-refractivity contribution in [2.24, 2.45) is 4.99 Å². The van der Waals surface area contributed by atoms with Crippen molar-refractivity contribution in [3.8, 4) is 23.6 Å². The van der Waals surface area contributed by atoms with E-state index in [9.17, 15) is 9.59 Å². The lowest BCUT2D eigenvalue weighted by molar-refractivity contribution is -0.115. The number of carbonyl (C=O) groups excluding carboxylic acids is 2. The standard InChI is InChI=1S/C23H17ClN4O2S3/c1-2-10-28-18-9-8-16(24)11-19(18)33-23(28)27-21(30)14-31-13-20(29)26-22-25-17(12-32-22)15-6-4-3-5-7-15/h1,3-9,11-12H,10,13-14H2,(H,25,26,29). The second-order valence-corrected chi connectivity index (χ2v) is 10.0. The van der Waals surface area contributed by atoms with Gasteiger partial charge in [-0.15, -0.1) is 29.5 Å². The highest BCUT2D eigenvalue weighted by atomic mass is 35.5. The molecule has 0 saturated heterocycles. The van der Waals surface area contributed by atoms with Gasteiger partial charge >= 0.3 is 0 Å². The van der Waals surface area contributed by atoms with E-state index in [1.54, 1.807) is 10.6 Å². The number of benzene rings is 2. The minimum Gasteiger partial charge on any atom is -0.305 e. The highest BCUT2D eigenvalue weighted by Crippen LogP contribution is 2.25. The molecule has 4 rings (SSSR count). The lowest BCUT2D eigenvalue weighted by Crippen LogP contribution is -2.18. The number of fused-ring (bicyclic) bond motifs is 1. The molecule has 0 spiro atoms. The molecule has 0 unspecified atom stereocenters. The van der Waals surface area contributed by atoms with E-state index >= 15 is 0 Å². The lowest BCUT2D eigenvalue weighted by Gasteiger charge is -2.01. The summed E-state index contributed by atoms with van der Waals surface area (Å²) in [6.45, 7) is 0.294. The van der Waals surface area contributed by atoms with Gasteiger partial charge in [-0.05, 0) is 18.2 Å². The predicted molar refractivity (Wildman–Crippen MR) is 138 cm³/mol.